The number of para-hydroxylation sites is 2. The van der Waals surface area contributed by atoms with Gasteiger partial charge in [0.05, 0.1) is 0 Å². The van der Waals surface area contributed by atoms with Crippen molar-refractivity contribution in [2.24, 2.45) is 0 Å². The second kappa shape index (κ2) is 14.6. The third kappa shape index (κ3) is 8.33. The van der Waals surface area contributed by atoms with Gasteiger partial charge in [-0.2, -0.15) is 0 Å². The maximum Gasteiger partial charge on any atom is 0.131 e. The number of hydrogen-bond acceptors (Lipinski definition) is 6. The summed E-state index contributed by atoms with van der Waals surface area (Å²) >= 11 is 0. The molecular weight excluding hydrogens is 600 g/mol. The molecule has 0 aliphatic heterocycles. The molecule has 48 heavy (non-hydrogen) atoms. The summed E-state index contributed by atoms with van der Waals surface area (Å²) < 4.78 is 36.3. The van der Waals surface area contributed by atoms with Gasteiger partial charge in [-0.25, -0.2) is 0 Å². The molecule has 0 bridgehead atoms. The minimum Gasteiger partial charge on any atom is -0.457 e. The lowest BCUT2D eigenvalue weighted by Crippen LogP contribution is -1.90. The van der Waals surface area contributed by atoms with Crippen molar-refractivity contribution in [3.8, 4) is 69.0 Å². The summed E-state index contributed by atoms with van der Waals surface area (Å²) in [7, 11) is 0. The molecule has 7 aromatic carbocycles. The smallest absolute Gasteiger partial charge is 0.131 e. The van der Waals surface area contributed by atoms with Crippen LogP contribution in [-0.4, -0.2) is 0 Å². The lowest BCUT2D eigenvalue weighted by atomic mass is 10.3. The van der Waals surface area contributed by atoms with E-state index in [0.717, 1.165) is 11.5 Å². The molecule has 0 aliphatic rings. The van der Waals surface area contributed by atoms with Gasteiger partial charge in [-0.15, -0.1) is 0 Å². The number of ether oxygens (including phenoxy) is 6. The highest BCUT2D eigenvalue weighted by Crippen LogP contribution is 2.34. The molecule has 0 aromatic heterocycles. The molecule has 0 unspecified atom stereocenters. The first kappa shape index (κ1) is 30.0. The van der Waals surface area contributed by atoms with Gasteiger partial charge in [-0.05, 0) is 97.1 Å². The molecule has 0 fully saturated rings. The summed E-state index contributed by atoms with van der Waals surface area (Å²) in [5, 5.41) is 0. The average molecular weight is 631 g/mol. The fourth-order valence-electron chi connectivity index (χ4n) is 4.77. The van der Waals surface area contributed by atoms with E-state index in [1.807, 2.05) is 182 Å². The monoisotopic (exact) mass is 630 g/mol. The molecule has 0 radical (unpaired) electrons. The Morgan fingerprint density at radius 2 is 0.354 bits per heavy atom. The Kier molecular flexibility index (Phi) is 9.15. The van der Waals surface area contributed by atoms with Crippen molar-refractivity contribution in [3.05, 3.63) is 182 Å². The Morgan fingerprint density at radius 1 is 0.167 bits per heavy atom. The minimum absolute atomic E-state index is 0.640. The van der Waals surface area contributed by atoms with Gasteiger partial charge in [0.2, 0.25) is 0 Å². The SMILES string of the molecule is c1ccc(Oc2cccc(Oc3cccc(Oc4ccc(Oc5cccc(Oc6cccc(Oc7ccccc7)c6)c5)cc4)c3)c2)cc1. The fraction of sp³-hybridized carbons (Fsp3) is 0. The molecule has 0 saturated carbocycles. The molecule has 0 N–H and O–H groups in total. The molecule has 7 rings (SSSR count). The summed E-state index contributed by atoms with van der Waals surface area (Å²) in [6.07, 6.45) is 0. The first-order chi connectivity index (χ1) is 23.7. The lowest BCUT2D eigenvalue weighted by molar-refractivity contribution is 0.447. The van der Waals surface area contributed by atoms with Crippen LogP contribution < -0.4 is 28.4 Å². The van der Waals surface area contributed by atoms with Gasteiger partial charge in [-0.1, -0.05) is 60.7 Å². The van der Waals surface area contributed by atoms with E-state index in [2.05, 4.69) is 0 Å². The van der Waals surface area contributed by atoms with Gasteiger partial charge in [0.25, 0.3) is 0 Å². The predicted octanol–water partition coefficient (Wildman–Crippen LogP) is 12.4. The zero-order chi connectivity index (χ0) is 32.4. The number of benzene rings is 7. The van der Waals surface area contributed by atoms with Gasteiger partial charge in [0.1, 0.15) is 69.0 Å². The zero-order valence-corrected chi connectivity index (χ0v) is 25.8. The Balaban J connectivity index is 0.950. The first-order valence-electron chi connectivity index (χ1n) is 15.4. The molecule has 6 nitrogen and oxygen atoms in total. The van der Waals surface area contributed by atoms with Crippen LogP contribution in [0.15, 0.2) is 182 Å². The molecule has 0 amide bonds. The van der Waals surface area contributed by atoms with Gasteiger partial charge in [0, 0.05) is 24.3 Å². The molecule has 0 atom stereocenters. The van der Waals surface area contributed by atoms with Crippen molar-refractivity contribution in [1.82, 2.24) is 0 Å². The normalized spacial score (nSPS) is 10.5. The van der Waals surface area contributed by atoms with E-state index < -0.39 is 0 Å². The van der Waals surface area contributed by atoms with Crippen LogP contribution in [0.1, 0.15) is 0 Å². The van der Waals surface area contributed by atoms with Crippen LogP contribution in [0, 0.1) is 0 Å². The molecule has 0 aliphatic carbocycles. The second-order valence-electron chi connectivity index (χ2n) is 10.6. The van der Waals surface area contributed by atoms with Crippen molar-refractivity contribution in [2.45, 2.75) is 0 Å². The van der Waals surface area contributed by atoms with E-state index >= 15 is 0 Å². The van der Waals surface area contributed by atoms with Crippen molar-refractivity contribution in [2.75, 3.05) is 0 Å². The van der Waals surface area contributed by atoms with E-state index in [1.165, 1.54) is 0 Å². The number of rotatable bonds is 12. The summed E-state index contributed by atoms with van der Waals surface area (Å²) in [6, 6.07) is 56.6. The fourth-order valence-corrected chi connectivity index (χ4v) is 4.77. The van der Waals surface area contributed by atoms with Crippen LogP contribution >= 0.6 is 0 Å². The van der Waals surface area contributed by atoms with Crippen LogP contribution in [0.5, 0.6) is 69.0 Å². The molecule has 0 spiro atoms. The summed E-state index contributed by atoms with van der Waals surface area (Å²) in [5.41, 5.74) is 0. The summed E-state index contributed by atoms with van der Waals surface area (Å²) in [5.74, 6) is 8.08. The molecule has 7 aromatic rings. The molecular formula is C42H30O6. The Labute approximate surface area is 278 Å². The van der Waals surface area contributed by atoms with E-state index in [4.69, 9.17) is 28.4 Å². The molecule has 234 valence electrons. The van der Waals surface area contributed by atoms with Crippen LogP contribution in [0.2, 0.25) is 0 Å². The average Bonchev–Trinajstić information content (AvgIpc) is 3.11. The van der Waals surface area contributed by atoms with Crippen molar-refractivity contribution >= 4 is 0 Å². The van der Waals surface area contributed by atoms with Gasteiger partial charge < -0.3 is 28.4 Å². The number of hydrogen-bond donors (Lipinski definition) is 0. The van der Waals surface area contributed by atoms with Crippen LogP contribution in [-0.2, 0) is 0 Å². The van der Waals surface area contributed by atoms with Crippen molar-refractivity contribution in [1.29, 1.82) is 0 Å². The van der Waals surface area contributed by atoms with Gasteiger partial charge in [-0.3, -0.25) is 0 Å². The highest BCUT2D eigenvalue weighted by atomic mass is 16.5. The van der Waals surface area contributed by atoms with Gasteiger partial charge in [0.15, 0.2) is 0 Å². The van der Waals surface area contributed by atoms with Crippen LogP contribution in [0.4, 0.5) is 0 Å². The van der Waals surface area contributed by atoms with E-state index in [0.29, 0.717) is 57.5 Å². The standard InChI is InChI=1S/C42H30O6/c1-3-11-31(12-4-1)43-35-15-7-19-39(27-35)47-41-21-9-17-37(29-41)45-33-23-25-34(26-24-33)46-38-18-10-22-42(30-38)48-40-20-8-16-36(28-40)44-32-13-5-2-6-14-32/h1-30H. The van der Waals surface area contributed by atoms with Crippen LogP contribution in [0.3, 0.4) is 0 Å². The first-order valence-corrected chi connectivity index (χ1v) is 15.4. The maximum atomic E-state index is 6.11. The quantitative estimate of drug-likeness (QED) is 0.134. The molecule has 0 heterocycles. The lowest BCUT2D eigenvalue weighted by Gasteiger charge is -2.12. The largest absolute Gasteiger partial charge is 0.457 e. The van der Waals surface area contributed by atoms with E-state index in [9.17, 15) is 0 Å². The third-order valence-electron chi connectivity index (χ3n) is 6.95. The summed E-state index contributed by atoms with van der Waals surface area (Å²) in [4.78, 5) is 0. The van der Waals surface area contributed by atoms with Gasteiger partial charge >= 0.3 is 0 Å². The van der Waals surface area contributed by atoms with E-state index in [-0.39, 0.29) is 0 Å². The Morgan fingerprint density at radius 3 is 0.604 bits per heavy atom. The highest BCUT2D eigenvalue weighted by molar-refractivity contribution is 5.45. The highest BCUT2D eigenvalue weighted by Gasteiger charge is 2.07. The second-order valence-corrected chi connectivity index (χ2v) is 10.6. The molecule has 6 heteroatoms. The zero-order valence-electron chi connectivity index (χ0n) is 25.8. The van der Waals surface area contributed by atoms with Crippen molar-refractivity contribution < 1.29 is 28.4 Å². The third-order valence-corrected chi connectivity index (χ3v) is 6.95. The molecule has 0 saturated heterocycles. The maximum absolute atomic E-state index is 6.11. The summed E-state index contributed by atoms with van der Waals surface area (Å²) in [6.45, 7) is 0. The van der Waals surface area contributed by atoms with E-state index in [1.54, 1.807) is 0 Å². The Hall–Kier alpha value is -6.66. The Bertz CT molecular complexity index is 1930. The topological polar surface area (TPSA) is 55.4 Å². The van der Waals surface area contributed by atoms with Crippen molar-refractivity contribution in [3.63, 3.8) is 0 Å². The van der Waals surface area contributed by atoms with Crippen LogP contribution in [0.25, 0.3) is 0 Å². The predicted molar refractivity (Wildman–Crippen MR) is 186 cm³/mol. The minimum atomic E-state index is 0.640.